The summed E-state index contributed by atoms with van der Waals surface area (Å²) in [6.07, 6.45) is 1.84. The minimum atomic E-state index is 0.389. The third kappa shape index (κ3) is 2.78. The number of ether oxygens (including phenoxy) is 1. The molecule has 0 radical (unpaired) electrons. The normalized spacial score (nSPS) is 10.8. The van der Waals surface area contributed by atoms with Gasteiger partial charge in [-0.15, -0.1) is 10.2 Å². The van der Waals surface area contributed by atoms with Crippen LogP contribution in [-0.4, -0.2) is 26.9 Å². The number of nitrogens with two attached hydrogens (primary N) is 1. The highest BCUT2D eigenvalue weighted by Gasteiger charge is 2.12. The molecule has 0 bridgehead atoms. The second-order valence-corrected chi connectivity index (χ2v) is 5.44. The largest absolute Gasteiger partial charge is 0.496 e. The van der Waals surface area contributed by atoms with Crippen LogP contribution in [0.4, 0.5) is 0 Å². The zero-order chi connectivity index (χ0) is 14.7. The lowest BCUT2D eigenvalue weighted by atomic mass is 10.1. The molecule has 0 atom stereocenters. The molecule has 0 saturated carbocycles. The van der Waals surface area contributed by atoms with Gasteiger partial charge in [-0.05, 0) is 13.8 Å². The zero-order valence-electron chi connectivity index (χ0n) is 12.2. The molecule has 0 aliphatic carbocycles. The fourth-order valence-electron chi connectivity index (χ4n) is 2.00. The lowest BCUT2D eigenvalue weighted by molar-refractivity contribution is 0.407. The van der Waals surface area contributed by atoms with Crippen molar-refractivity contribution >= 4 is 11.8 Å². The van der Waals surface area contributed by atoms with Gasteiger partial charge < -0.3 is 15.0 Å². The van der Waals surface area contributed by atoms with Gasteiger partial charge >= 0.3 is 0 Å². The van der Waals surface area contributed by atoms with E-state index in [1.54, 1.807) is 18.9 Å². The van der Waals surface area contributed by atoms with Crippen molar-refractivity contribution in [3.63, 3.8) is 0 Å². The van der Waals surface area contributed by atoms with E-state index in [1.165, 1.54) is 0 Å². The van der Waals surface area contributed by atoms with E-state index in [1.807, 2.05) is 31.7 Å². The van der Waals surface area contributed by atoms with Crippen molar-refractivity contribution in [3.8, 4) is 5.75 Å². The lowest BCUT2D eigenvalue weighted by Gasteiger charge is -2.11. The Morgan fingerprint density at radius 1 is 1.35 bits per heavy atom. The number of hydrogen-bond donors (Lipinski definition) is 1. The number of nitrogens with zero attached hydrogens (tertiary/aromatic N) is 4. The van der Waals surface area contributed by atoms with E-state index >= 15 is 0 Å². The highest BCUT2D eigenvalue weighted by molar-refractivity contribution is 7.98. The smallest absolute Gasteiger partial charge is 0.191 e. The molecule has 0 unspecified atom stereocenters. The second kappa shape index (κ2) is 6.23. The van der Waals surface area contributed by atoms with Crippen molar-refractivity contribution in [2.75, 3.05) is 7.11 Å². The van der Waals surface area contributed by atoms with Gasteiger partial charge in [-0.3, -0.25) is 4.98 Å². The summed E-state index contributed by atoms with van der Waals surface area (Å²) in [7, 11) is 3.60. The molecule has 0 amide bonds. The van der Waals surface area contributed by atoms with E-state index < -0.39 is 0 Å². The molecule has 7 heteroatoms. The number of aryl methyl sites for hydroxylation is 1. The second-order valence-electron chi connectivity index (χ2n) is 4.50. The number of thioether (sulfide) groups is 1. The number of pyridine rings is 1. The molecule has 0 aliphatic rings. The van der Waals surface area contributed by atoms with Crippen LogP contribution in [0.2, 0.25) is 0 Å². The molecule has 6 nitrogen and oxygen atoms in total. The highest BCUT2D eigenvalue weighted by atomic mass is 32.2. The fraction of sp³-hybridized carbons (Fsp3) is 0.462. The molecular formula is C13H19N5OS. The molecule has 2 N–H and O–H groups in total. The third-order valence-electron chi connectivity index (χ3n) is 3.20. The minimum Gasteiger partial charge on any atom is -0.496 e. The summed E-state index contributed by atoms with van der Waals surface area (Å²) < 4.78 is 7.32. The van der Waals surface area contributed by atoms with Gasteiger partial charge in [0.25, 0.3) is 0 Å². The lowest BCUT2D eigenvalue weighted by Crippen LogP contribution is -2.05. The molecule has 20 heavy (non-hydrogen) atoms. The van der Waals surface area contributed by atoms with Crippen LogP contribution in [0.15, 0.2) is 11.4 Å². The maximum absolute atomic E-state index is 5.59. The van der Waals surface area contributed by atoms with Crippen LogP contribution in [0.1, 0.15) is 22.6 Å². The van der Waals surface area contributed by atoms with Crippen molar-refractivity contribution in [2.24, 2.45) is 12.8 Å². The first-order valence-electron chi connectivity index (χ1n) is 6.28. The zero-order valence-corrected chi connectivity index (χ0v) is 13.0. The standard InChI is InChI=1S/C13H19N5OS/c1-8-6-15-10(9(2)12(8)19-4)7-20-13-17-16-11(5-14)18(13)3/h6H,5,7,14H2,1-4H3. The quantitative estimate of drug-likeness (QED) is 0.843. The summed E-state index contributed by atoms with van der Waals surface area (Å²) in [6, 6.07) is 0. The van der Waals surface area contributed by atoms with E-state index in [0.29, 0.717) is 6.54 Å². The Bertz CT molecular complexity index is 611. The Labute approximate surface area is 122 Å². The Hall–Kier alpha value is -1.60. The summed E-state index contributed by atoms with van der Waals surface area (Å²) in [5.41, 5.74) is 8.70. The predicted molar refractivity (Wildman–Crippen MR) is 78.7 cm³/mol. The van der Waals surface area contributed by atoms with Gasteiger partial charge in [0.1, 0.15) is 11.6 Å². The highest BCUT2D eigenvalue weighted by Crippen LogP contribution is 2.28. The molecule has 2 rings (SSSR count). The third-order valence-corrected chi connectivity index (χ3v) is 4.23. The molecule has 2 aromatic rings. The van der Waals surface area contributed by atoms with E-state index in [0.717, 1.165) is 39.3 Å². The average Bonchev–Trinajstić information content (AvgIpc) is 2.79. The van der Waals surface area contributed by atoms with Crippen LogP contribution in [0.5, 0.6) is 5.75 Å². The molecule has 2 aromatic heterocycles. The van der Waals surface area contributed by atoms with Gasteiger partial charge in [0.2, 0.25) is 0 Å². The number of methoxy groups -OCH3 is 1. The summed E-state index contributed by atoms with van der Waals surface area (Å²) in [4.78, 5) is 4.48. The molecule has 108 valence electrons. The van der Waals surface area contributed by atoms with Crippen LogP contribution in [-0.2, 0) is 19.3 Å². The first kappa shape index (κ1) is 14.8. The monoisotopic (exact) mass is 293 g/mol. The minimum absolute atomic E-state index is 0.389. The van der Waals surface area contributed by atoms with Gasteiger partial charge in [-0.25, -0.2) is 0 Å². The molecule has 0 aromatic carbocycles. The van der Waals surface area contributed by atoms with Gasteiger partial charge in [0.15, 0.2) is 5.16 Å². The average molecular weight is 293 g/mol. The molecule has 0 fully saturated rings. The summed E-state index contributed by atoms with van der Waals surface area (Å²) in [6.45, 7) is 4.41. The Kier molecular flexibility index (Phi) is 4.61. The van der Waals surface area contributed by atoms with E-state index in [-0.39, 0.29) is 0 Å². The predicted octanol–water partition coefficient (Wildman–Crippen LogP) is 1.59. The molecule has 2 heterocycles. The van der Waals surface area contributed by atoms with E-state index in [4.69, 9.17) is 10.5 Å². The Morgan fingerprint density at radius 3 is 2.70 bits per heavy atom. The summed E-state index contributed by atoms with van der Waals surface area (Å²) in [5, 5.41) is 9.01. The van der Waals surface area contributed by atoms with Gasteiger partial charge in [-0.1, -0.05) is 11.8 Å². The van der Waals surface area contributed by atoms with Crippen molar-refractivity contribution in [1.29, 1.82) is 0 Å². The summed E-state index contributed by atoms with van der Waals surface area (Å²) >= 11 is 1.59. The van der Waals surface area contributed by atoms with E-state index in [9.17, 15) is 0 Å². The first-order chi connectivity index (χ1) is 9.58. The maximum Gasteiger partial charge on any atom is 0.191 e. The topological polar surface area (TPSA) is 78.8 Å². The van der Waals surface area contributed by atoms with Gasteiger partial charge in [0.05, 0.1) is 19.3 Å². The number of rotatable bonds is 5. The Balaban J connectivity index is 2.17. The van der Waals surface area contributed by atoms with Crippen LogP contribution >= 0.6 is 11.8 Å². The van der Waals surface area contributed by atoms with Crippen LogP contribution in [0.25, 0.3) is 0 Å². The number of aromatic nitrogens is 4. The van der Waals surface area contributed by atoms with Crippen LogP contribution < -0.4 is 10.5 Å². The van der Waals surface area contributed by atoms with E-state index in [2.05, 4.69) is 15.2 Å². The first-order valence-corrected chi connectivity index (χ1v) is 7.27. The molecule has 0 aliphatic heterocycles. The molecule has 0 spiro atoms. The fourth-order valence-corrected chi connectivity index (χ4v) is 2.95. The Morgan fingerprint density at radius 2 is 2.10 bits per heavy atom. The SMILES string of the molecule is COc1c(C)cnc(CSc2nnc(CN)n2C)c1C. The van der Waals surface area contributed by atoms with Crippen molar-refractivity contribution in [2.45, 2.75) is 31.3 Å². The maximum atomic E-state index is 5.59. The molecule has 0 saturated heterocycles. The van der Waals surface area contributed by atoms with Crippen molar-refractivity contribution in [1.82, 2.24) is 19.7 Å². The molecular weight excluding hydrogens is 274 g/mol. The number of hydrogen-bond acceptors (Lipinski definition) is 6. The van der Waals surface area contributed by atoms with Gasteiger partial charge in [0, 0.05) is 30.1 Å². The van der Waals surface area contributed by atoms with Crippen molar-refractivity contribution in [3.05, 3.63) is 28.8 Å². The van der Waals surface area contributed by atoms with Crippen LogP contribution in [0, 0.1) is 13.8 Å². The summed E-state index contributed by atoms with van der Waals surface area (Å²) in [5.74, 6) is 2.40. The van der Waals surface area contributed by atoms with Crippen LogP contribution in [0.3, 0.4) is 0 Å². The van der Waals surface area contributed by atoms with Gasteiger partial charge in [-0.2, -0.15) is 0 Å². The van der Waals surface area contributed by atoms with Crippen molar-refractivity contribution < 1.29 is 4.74 Å².